The lowest BCUT2D eigenvalue weighted by atomic mass is 10.1. The van der Waals surface area contributed by atoms with Gasteiger partial charge in [0.1, 0.15) is 5.75 Å². The number of aromatic amines is 1. The van der Waals surface area contributed by atoms with E-state index in [0.29, 0.717) is 6.54 Å². The summed E-state index contributed by atoms with van der Waals surface area (Å²) in [5, 5.41) is 2.97. The highest BCUT2D eigenvalue weighted by Crippen LogP contribution is 2.24. The van der Waals surface area contributed by atoms with Crippen molar-refractivity contribution >= 4 is 0 Å². The average Bonchev–Trinajstić information content (AvgIpc) is 2.41. The molecule has 0 saturated heterocycles. The fourth-order valence-electron chi connectivity index (χ4n) is 2.05. The van der Waals surface area contributed by atoms with Gasteiger partial charge in [-0.2, -0.15) is 0 Å². The van der Waals surface area contributed by atoms with Crippen LogP contribution in [0.25, 0.3) is 11.3 Å². The first-order valence-electron chi connectivity index (χ1n) is 6.17. The summed E-state index contributed by atoms with van der Waals surface area (Å²) in [5.74, 6) is 0.845. The Labute approximate surface area is 112 Å². The first kappa shape index (κ1) is 13.4. The highest BCUT2D eigenvalue weighted by molar-refractivity contribution is 5.62. The Kier molecular flexibility index (Phi) is 4.02. The van der Waals surface area contributed by atoms with Crippen molar-refractivity contribution in [3.63, 3.8) is 0 Å². The van der Waals surface area contributed by atoms with E-state index in [4.69, 9.17) is 4.74 Å². The minimum Gasteiger partial charge on any atom is -0.496 e. The average molecular weight is 258 g/mol. The first-order chi connectivity index (χ1) is 9.15. The summed E-state index contributed by atoms with van der Waals surface area (Å²) >= 11 is 0. The fourth-order valence-corrected chi connectivity index (χ4v) is 2.05. The predicted octanol–water partition coefficient (Wildman–Crippen LogP) is 2.08. The third kappa shape index (κ3) is 2.85. The Balaban J connectivity index is 2.39. The topological polar surface area (TPSA) is 54.1 Å². The number of nitrogens with one attached hydrogen (secondary N) is 2. The zero-order valence-corrected chi connectivity index (χ0v) is 11.4. The molecular weight excluding hydrogens is 240 g/mol. The molecule has 0 bridgehead atoms. The third-order valence-electron chi connectivity index (χ3n) is 3.06. The van der Waals surface area contributed by atoms with Gasteiger partial charge in [0.2, 0.25) is 0 Å². The number of ether oxygens (including phenoxy) is 1. The SMILES string of the molecule is CNCc1ccc(-c2ccc(OC)c(C)c2)[nH]c1=O. The lowest BCUT2D eigenvalue weighted by molar-refractivity contribution is 0.412. The number of aryl methyl sites for hydroxylation is 1. The van der Waals surface area contributed by atoms with Crippen LogP contribution in [0.3, 0.4) is 0 Å². The Morgan fingerprint density at radius 2 is 2.05 bits per heavy atom. The van der Waals surface area contributed by atoms with Gasteiger partial charge in [-0.25, -0.2) is 0 Å². The van der Waals surface area contributed by atoms with Crippen LogP contribution in [0.1, 0.15) is 11.1 Å². The molecule has 0 aliphatic heterocycles. The minimum atomic E-state index is -0.0553. The predicted molar refractivity (Wildman–Crippen MR) is 76.6 cm³/mol. The zero-order valence-electron chi connectivity index (χ0n) is 11.4. The molecule has 0 atom stereocenters. The van der Waals surface area contributed by atoms with Gasteiger partial charge in [0.25, 0.3) is 5.56 Å². The molecule has 1 aromatic heterocycles. The van der Waals surface area contributed by atoms with Gasteiger partial charge in [-0.1, -0.05) is 6.07 Å². The van der Waals surface area contributed by atoms with Crippen molar-refractivity contribution in [1.82, 2.24) is 10.3 Å². The number of methoxy groups -OCH3 is 1. The van der Waals surface area contributed by atoms with Gasteiger partial charge in [-0.3, -0.25) is 4.79 Å². The molecule has 1 aromatic carbocycles. The van der Waals surface area contributed by atoms with E-state index in [2.05, 4.69) is 10.3 Å². The van der Waals surface area contributed by atoms with Crippen LogP contribution in [-0.4, -0.2) is 19.1 Å². The number of hydrogen-bond acceptors (Lipinski definition) is 3. The number of hydrogen-bond donors (Lipinski definition) is 2. The van der Waals surface area contributed by atoms with Crippen LogP contribution < -0.4 is 15.6 Å². The lowest BCUT2D eigenvalue weighted by Crippen LogP contribution is -2.18. The van der Waals surface area contributed by atoms with Crippen molar-refractivity contribution in [3.8, 4) is 17.0 Å². The maximum absolute atomic E-state index is 11.9. The maximum Gasteiger partial charge on any atom is 0.252 e. The van der Waals surface area contributed by atoms with Crippen LogP contribution in [0.15, 0.2) is 35.1 Å². The lowest BCUT2D eigenvalue weighted by Gasteiger charge is -2.08. The Morgan fingerprint density at radius 1 is 1.26 bits per heavy atom. The number of rotatable bonds is 4. The number of benzene rings is 1. The summed E-state index contributed by atoms with van der Waals surface area (Å²) in [6.45, 7) is 2.55. The molecule has 4 heteroatoms. The summed E-state index contributed by atoms with van der Waals surface area (Å²) in [4.78, 5) is 14.8. The Bertz CT molecular complexity index is 632. The fraction of sp³-hybridized carbons (Fsp3) is 0.267. The largest absolute Gasteiger partial charge is 0.496 e. The van der Waals surface area contributed by atoms with Crippen molar-refractivity contribution in [2.45, 2.75) is 13.5 Å². The maximum atomic E-state index is 11.9. The minimum absolute atomic E-state index is 0.0553. The highest BCUT2D eigenvalue weighted by Gasteiger charge is 2.05. The van der Waals surface area contributed by atoms with E-state index in [9.17, 15) is 4.79 Å². The standard InChI is InChI=1S/C15H18N2O2/c1-10-8-11(5-7-14(10)19-3)13-6-4-12(9-16-2)15(18)17-13/h4-8,16H,9H2,1-3H3,(H,17,18). The van der Waals surface area contributed by atoms with Crippen LogP contribution in [0.2, 0.25) is 0 Å². The second-order valence-corrected chi connectivity index (χ2v) is 4.44. The molecule has 0 fully saturated rings. The van der Waals surface area contributed by atoms with E-state index in [1.165, 1.54) is 0 Å². The van der Waals surface area contributed by atoms with Crippen LogP contribution in [0.4, 0.5) is 0 Å². The number of H-pyrrole nitrogens is 1. The van der Waals surface area contributed by atoms with Crippen molar-refractivity contribution < 1.29 is 4.74 Å². The van der Waals surface area contributed by atoms with Gasteiger partial charge in [-0.05, 0) is 49.4 Å². The summed E-state index contributed by atoms with van der Waals surface area (Å²) in [7, 11) is 3.47. The Hall–Kier alpha value is -2.07. The van der Waals surface area contributed by atoms with Crippen LogP contribution in [0, 0.1) is 6.92 Å². The first-order valence-corrected chi connectivity index (χ1v) is 6.17. The van der Waals surface area contributed by atoms with E-state index in [1.807, 2.05) is 44.3 Å². The van der Waals surface area contributed by atoms with Gasteiger partial charge in [-0.15, -0.1) is 0 Å². The Morgan fingerprint density at radius 3 is 2.63 bits per heavy atom. The quantitative estimate of drug-likeness (QED) is 0.882. The summed E-state index contributed by atoms with van der Waals surface area (Å²) in [5.41, 5.74) is 3.51. The van der Waals surface area contributed by atoms with Crippen molar-refractivity contribution in [1.29, 1.82) is 0 Å². The molecule has 19 heavy (non-hydrogen) atoms. The van der Waals surface area contributed by atoms with Gasteiger partial charge in [0.05, 0.1) is 7.11 Å². The molecule has 2 aromatic rings. The molecule has 4 nitrogen and oxygen atoms in total. The zero-order chi connectivity index (χ0) is 13.8. The molecule has 2 rings (SSSR count). The molecule has 0 unspecified atom stereocenters. The van der Waals surface area contributed by atoms with Gasteiger partial charge < -0.3 is 15.0 Å². The second-order valence-electron chi connectivity index (χ2n) is 4.44. The summed E-state index contributed by atoms with van der Waals surface area (Å²) < 4.78 is 5.23. The molecule has 1 heterocycles. The monoisotopic (exact) mass is 258 g/mol. The molecule has 0 amide bonds. The molecule has 2 N–H and O–H groups in total. The van der Waals surface area contributed by atoms with Crippen molar-refractivity contribution in [3.05, 3.63) is 51.8 Å². The second kappa shape index (κ2) is 5.71. The van der Waals surface area contributed by atoms with E-state index >= 15 is 0 Å². The van der Waals surface area contributed by atoms with Crippen LogP contribution in [0.5, 0.6) is 5.75 Å². The van der Waals surface area contributed by atoms with Crippen LogP contribution in [-0.2, 0) is 6.54 Å². The van der Waals surface area contributed by atoms with E-state index in [0.717, 1.165) is 28.1 Å². The molecule has 0 radical (unpaired) electrons. The molecular formula is C15H18N2O2. The van der Waals surface area contributed by atoms with Gasteiger partial charge in [0, 0.05) is 17.8 Å². The van der Waals surface area contributed by atoms with Gasteiger partial charge >= 0.3 is 0 Å². The normalized spacial score (nSPS) is 10.5. The van der Waals surface area contributed by atoms with Crippen molar-refractivity contribution in [2.24, 2.45) is 0 Å². The molecule has 0 saturated carbocycles. The van der Waals surface area contributed by atoms with Crippen LogP contribution >= 0.6 is 0 Å². The molecule has 100 valence electrons. The van der Waals surface area contributed by atoms with E-state index in [1.54, 1.807) is 7.11 Å². The highest BCUT2D eigenvalue weighted by atomic mass is 16.5. The third-order valence-corrected chi connectivity index (χ3v) is 3.06. The summed E-state index contributed by atoms with van der Waals surface area (Å²) in [6, 6.07) is 9.63. The van der Waals surface area contributed by atoms with Gasteiger partial charge in [0.15, 0.2) is 0 Å². The molecule has 0 aliphatic rings. The number of aromatic nitrogens is 1. The molecule has 0 spiro atoms. The van der Waals surface area contributed by atoms with E-state index in [-0.39, 0.29) is 5.56 Å². The smallest absolute Gasteiger partial charge is 0.252 e. The van der Waals surface area contributed by atoms with Crippen molar-refractivity contribution in [2.75, 3.05) is 14.2 Å². The number of pyridine rings is 1. The summed E-state index contributed by atoms with van der Waals surface area (Å²) in [6.07, 6.45) is 0. The van der Waals surface area contributed by atoms with E-state index < -0.39 is 0 Å². The molecule has 0 aliphatic carbocycles.